The van der Waals surface area contributed by atoms with Crippen molar-refractivity contribution in [2.45, 2.75) is 40.2 Å². The third-order valence-corrected chi connectivity index (χ3v) is 5.52. The van der Waals surface area contributed by atoms with E-state index in [1.54, 1.807) is 36.4 Å². The average Bonchev–Trinajstić information content (AvgIpc) is 2.74. The van der Waals surface area contributed by atoms with Crippen LogP contribution in [0.15, 0.2) is 46.4 Å². The van der Waals surface area contributed by atoms with E-state index >= 15 is 0 Å². The average molecular weight is 501 g/mol. The SMILES string of the molecule is CCOc1cc(/C=C2\C(=O)NC(=O)N(c3ccc(C)cc3)C2=O)cc(Br)c1O[C@@H](C)CC. The summed E-state index contributed by atoms with van der Waals surface area (Å²) in [5, 5.41) is 2.23. The maximum absolute atomic E-state index is 13.1. The minimum atomic E-state index is -0.783. The molecule has 32 heavy (non-hydrogen) atoms. The zero-order valence-corrected chi connectivity index (χ0v) is 20.0. The molecule has 0 aliphatic carbocycles. The Balaban J connectivity index is 2.01. The number of nitrogens with one attached hydrogen (secondary N) is 1. The molecule has 1 N–H and O–H groups in total. The summed E-state index contributed by atoms with van der Waals surface area (Å²) in [6.45, 7) is 8.15. The second-order valence-corrected chi connectivity index (χ2v) is 8.25. The summed E-state index contributed by atoms with van der Waals surface area (Å²) in [6.07, 6.45) is 2.24. The first kappa shape index (κ1) is 23.5. The fraction of sp³-hybridized carbons (Fsp3) is 0.292. The van der Waals surface area contributed by atoms with Crippen LogP contribution in [0.4, 0.5) is 10.5 Å². The van der Waals surface area contributed by atoms with Crippen molar-refractivity contribution in [1.82, 2.24) is 5.32 Å². The molecule has 3 rings (SSSR count). The molecule has 0 aromatic heterocycles. The van der Waals surface area contributed by atoms with Gasteiger partial charge >= 0.3 is 6.03 Å². The van der Waals surface area contributed by atoms with Gasteiger partial charge in [0.25, 0.3) is 11.8 Å². The zero-order chi connectivity index (χ0) is 23.4. The van der Waals surface area contributed by atoms with Crippen LogP contribution in [0.25, 0.3) is 6.08 Å². The van der Waals surface area contributed by atoms with E-state index in [2.05, 4.69) is 21.2 Å². The first-order chi connectivity index (χ1) is 15.2. The van der Waals surface area contributed by atoms with Crippen LogP contribution < -0.4 is 19.7 Å². The number of imide groups is 2. The smallest absolute Gasteiger partial charge is 0.335 e. The number of hydrogen-bond donors (Lipinski definition) is 1. The Bertz CT molecular complexity index is 1080. The molecule has 0 spiro atoms. The minimum absolute atomic E-state index is 0.0190. The summed E-state index contributed by atoms with van der Waals surface area (Å²) in [6, 6.07) is 9.55. The number of hydrogen-bond acceptors (Lipinski definition) is 5. The molecule has 168 valence electrons. The van der Waals surface area contributed by atoms with Gasteiger partial charge in [-0.2, -0.15) is 0 Å². The molecule has 1 aliphatic rings. The molecule has 1 heterocycles. The molecule has 8 heteroatoms. The van der Waals surface area contributed by atoms with Crippen molar-refractivity contribution in [2.24, 2.45) is 0 Å². The summed E-state index contributed by atoms with van der Waals surface area (Å²) in [5.74, 6) is -0.405. The quantitative estimate of drug-likeness (QED) is 0.427. The van der Waals surface area contributed by atoms with Crippen LogP contribution in [0, 0.1) is 6.92 Å². The Morgan fingerprint density at radius 2 is 1.81 bits per heavy atom. The molecule has 1 atom stereocenters. The Labute approximate surface area is 195 Å². The van der Waals surface area contributed by atoms with Gasteiger partial charge in [-0.1, -0.05) is 24.6 Å². The molecule has 0 radical (unpaired) electrons. The number of halogens is 1. The second kappa shape index (κ2) is 9.99. The second-order valence-electron chi connectivity index (χ2n) is 7.39. The monoisotopic (exact) mass is 500 g/mol. The lowest BCUT2D eigenvalue weighted by atomic mass is 10.1. The summed E-state index contributed by atoms with van der Waals surface area (Å²) in [5.41, 5.74) is 1.76. The highest BCUT2D eigenvalue weighted by Gasteiger charge is 2.36. The van der Waals surface area contributed by atoms with Crippen molar-refractivity contribution in [2.75, 3.05) is 11.5 Å². The molecule has 1 fully saturated rings. The molecular formula is C24H25BrN2O5. The number of anilines is 1. The zero-order valence-electron chi connectivity index (χ0n) is 18.4. The standard InChI is InChI=1S/C24H25BrN2O5/c1-5-15(4)32-21-19(25)12-16(13-20(21)31-6-2)11-18-22(28)26-24(30)27(23(18)29)17-9-7-14(3)8-10-17/h7-13,15H,5-6H2,1-4H3,(H,26,28,30)/b18-11+/t15-/m0/s1. The van der Waals surface area contributed by atoms with Gasteiger partial charge in [-0.05, 0) is 79.0 Å². The Hall–Kier alpha value is -3.13. The summed E-state index contributed by atoms with van der Waals surface area (Å²) >= 11 is 3.50. The maximum atomic E-state index is 13.1. The van der Waals surface area contributed by atoms with Crippen molar-refractivity contribution < 1.29 is 23.9 Å². The van der Waals surface area contributed by atoms with Gasteiger partial charge < -0.3 is 9.47 Å². The highest BCUT2D eigenvalue weighted by Crippen LogP contribution is 2.38. The number of carbonyl (C=O) groups excluding carboxylic acids is 3. The minimum Gasteiger partial charge on any atom is -0.490 e. The lowest BCUT2D eigenvalue weighted by Gasteiger charge is -2.26. The van der Waals surface area contributed by atoms with E-state index < -0.39 is 17.8 Å². The van der Waals surface area contributed by atoms with Crippen molar-refractivity contribution in [3.8, 4) is 11.5 Å². The molecule has 1 saturated heterocycles. The van der Waals surface area contributed by atoms with Crippen LogP contribution in [0.5, 0.6) is 11.5 Å². The fourth-order valence-electron chi connectivity index (χ4n) is 3.09. The molecular weight excluding hydrogens is 476 g/mol. The first-order valence-electron chi connectivity index (χ1n) is 10.4. The Morgan fingerprint density at radius 3 is 2.44 bits per heavy atom. The lowest BCUT2D eigenvalue weighted by Crippen LogP contribution is -2.54. The largest absolute Gasteiger partial charge is 0.490 e. The van der Waals surface area contributed by atoms with Gasteiger partial charge in [0, 0.05) is 0 Å². The molecule has 0 saturated carbocycles. The van der Waals surface area contributed by atoms with E-state index in [0.29, 0.717) is 33.8 Å². The van der Waals surface area contributed by atoms with Gasteiger partial charge in [-0.15, -0.1) is 0 Å². The van der Waals surface area contributed by atoms with Crippen molar-refractivity contribution >= 4 is 45.5 Å². The van der Waals surface area contributed by atoms with Crippen LogP contribution in [-0.2, 0) is 9.59 Å². The highest BCUT2D eigenvalue weighted by atomic mass is 79.9. The normalized spacial score (nSPS) is 16.2. The number of rotatable bonds is 7. The summed E-state index contributed by atoms with van der Waals surface area (Å²) in [7, 11) is 0. The van der Waals surface area contributed by atoms with Crippen LogP contribution in [0.2, 0.25) is 0 Å². The van der Waals surface area contributed by atoms with Crippen molar-refractivity contribution in [3.63, 3.8) is 0 Å². The Morgan fingerprint density at radius 1 is 1.12 bits per heavy atom. The van der Waals surface area contributed by atoms with E-state index in [9.17, 15) is 14.4 Å². The Kier molecular flexibility index (Phi) is 7.35. The topological polar surface area (TPSA) is 84.9 Å². The molecule has 4 amide bonds. The van der Waals surface area contributed by atoms with Crippen LogP contribution in [-0.4, -0.2) is 30.6 Å². The van der Waals surface area contributed by atoms with E-state index in [1.807, 2.05) is 27.7 Å². The number of aryl methyl sites for hydroxylation is 1. The van der Waals surface area contributed by atoms with Gasteiger partial charge in [-0.25, -0.2) is 9.69 Å². The molecule has 2 aromatic carbocycles. The number of amides is 4. The number of benzene rings is 2. The molecule has 1 aliphatic heterocycles. The number of nitrogens with zero attached hydrogens (tertiary/aromatic N) is 1. The van der Waals surface area contributed by atoms with E-state index in [-0.39, 0.29) is 11.7 Å². The number of ether oxygens (including phenoxy) is 2. The predicted octanol–water partition coefficient (Wildman–Crippen LogP) is 5.00. The third-order valence-electron chi connectivity index (χ3n) is 4.93. The molecule has 2 aromatic rings. The summed E-state index contributed by atoms with van der Waals surface area (Å²) in [4.78, 5) is 38.9. The highest BCUT2D eigenvalue weighted by molar-refractivity contribution is 9.10. The van der Waals surface area contributed by atoms with Crippen LogP contribution >= 0.6 is 15.9 Å². The molecule has 0 unspecified atom stereocenters. The van der Waals surface area contributed by atoms with Crippen LogP contribution in [0.3, 0.4) is 0 Å². The van der Waals surface area contributed by atoms with Gasteiger partial charge in [0.15, 0.2) is 11.5 Å². The van der Waals surface area contributed by atoms with E-state index in [0.717, 1.165) is 16.9 Å². The number of carbonyl (C=O) groups is 3. The van der Waals surface area contributed by atoms with Crippen molar-refractivity contribution in [1.29, 1.82) is 0 Å². The van der Waals surface area contributed by atoms with E-state index in [1.165, 1.54) is 6.08 Å². The molecule has 0 bridgehead atoms. The van der Waals surface area contributed by atoms with Crippen LogP contribution in [0.1, 0.15) is 38.3 Å². The predicted molar refractivity (Wildman–Crippen MR) is 126 cm³/mol. The maximum Gasteiger partial charge on any atom is 0.335 e. The summed E-state index contributed by atoms with van der Waals surface area (Å²) < 4.78 is 12.3. The van der Waals surface area contributed by atoms with Gasteiger partial charge in [0.1, 0.15) is 5.57 Å². The van der Waals surface area contributed by atoms with E-state index in [4.69, 9.17) is 9.47 Å². The third kappa shape index (κ3) is 5.02. The first-order valence-corrected chi connectivity index (χ1v) is 11.2. The lowest BCUT2D eigenvalue weighted by molar-refractivity contribution is -0.122. The van der Waals surface area contributed by atoms with Gasteiger partial charge in [0.2, 0.25) is 0 Å². The molecule has 7 nitrogen and oxygen atoms in total. The van der Waals surface area contributed by atoms with Crippen molar-refractivity contribution in [3.05, 3.63) is 57.6 Å². The van der Waals surface area contributed by atoms with Gasteiger partial charge in [-0.3, -0.25) is 14.9 Å². The fourth-order valence-corrected chi connectivity index (χ4v) is 3.64. The number of urea groups is 1. The van der Waals surface area contributed by atoms with Gasteiger partial charge in [0.05, 0.1) is 22.9 Å². The number of barbiturate groups is 1.